The fourth-order valence-corrected chi connectivity index (χ4v) is 3.41. The summed E-state index contributed by atoms with van der Waals surface area (Å²) in [6.45, 7) is 10.3. The highest BCUT2D eigenvalue weighted by Crippen LogP contribution is 2.25. The molecular formula is C21H30N4O5. The topological polar surface area (TPSA) is 91.4 Å². The highest BCUT2D eigenvalue weighted by Gasteiger charge is 2.32. The van der Waals surface area contributed by atoms with Crippen LogP contribution < -0.4 is 15.1 Å². The van der Waals surface area contributed by atoms with E-state index in [1.165, 1.54) is 6.92 Å². The minimum atomic E-state index is -0.498. The number of ether oxygens (including phenoxy) is 2. The summed E-state index contributed by atoms with van der Waals surface area (Å²) in [6, 6.07) is 7.70. The molecule has 0 spiro atoms. The molecule has 0 unspecified atom stereocenters. The van der Waals surface area contributed by atoms with E-state index in [0.29, 0.717) is 39.3 Å². The monoisotopic (exact) mass is 418 g/mol. The second-order valence-electron chi connectivity index (χ2n) is 8.52. The van der Waals surface area contributed by atoms with E-state index in [0.717, 1.165) is 11.4 Å². The van der Waals surface area contributed by atoms with Gasteiger partial charge in [-0.25, -0.2) is 9.59 Å². The van der Waals surface area contributed by atoms with Crippen LogP contribution in [0, 0.1) is 0 Å². The first-order chi connectivity index (χ1) is 14.1. The summed E-state index contributed by atoms with van der Waals surface area (Å²) in [5.41, 5.74) is 1.29. The molecule has 3 rings (SSSR count). The molecule has 0 aliphatic carbocycles. The van der Waals surface area contributed by atoms with Gasteiger partial charge in [-0.05, 0) is 45.0 Å². The quantitative estimate of drug-likeness (QED) is 0.806. The largest absolute Gasteiger partial charge is 0.444 e. The number of anilines is 2. The van der Waals surface area contributed by atoms with Gasteiger partial charge in [0.25, 0.3) is 0 Å². The van der Waals surface area contributed by atoms with Crippen LogP contribution in [0.2, 0.25) is 0 Å². The molecule has 9 heteroatoms. The van der Waals surface area contributed by atoms with E-state index in [1.807, 2.05) is 45.0 Å². The molecule has 30 heavy (non-hydrogen) atoms. The van der Waals surface area contributed by atoms with Gasteiger partial charge in [-0.2, -0.15) is 0 Å². The van der Waals surface area contributed by atoms with Crippen LogP contribution in [0.3, 0.4) is 0 Å². The number of hydrogen-bond acceptors (Lipinski definition) is 6. The van der Waals surface area contributed by atoms with Gasteiger partial charge < -0.3 is 24.6 Å². The standard InChI is InChI=1S/C21H30N4O5/c1-15(26)22-13-18-14-25(20(28)29-18)17-7-5-16(6-8-17)23-9-11-24(12-10-23)19(27)30-21(2,3)4/h5-8,18H,9-14H2,1-4H3,(H,22,26)/t18-/m0/s1. The molecule has 0 saturated carbocycles. The van der Waals surface area contributed by atoms with E-state index in [-0.39, 0.29) is 18.1 Å². The van der Waals surface area contributed by atoms with Gasteiger partial charge in [-0.15, -0.1) is 0 Å². The Morgan fingerprint density at radius 2 is 1.70 bits per heavy atom. The number of carbonyl (C=O) groups excluding carboxylic acids is 3. The minimum absolute atomic E-state index is 0.152. The molecule has 0 radical (unpaired) electrons. The molecule has 1 aromatic rings. The summed E-state index contributed by atoms with van der Waals surface area (Å²) in [6.07, 6.45) is -1.05. The number of rotatable bonds is 4. The van der Waals surface area contributed by atoms with Crippen molar-refractivity contribution in [3.63, 3.8) is 0 Å². The van der Waals surface area contributed by atoms with Crippen molar-refractivity contribution >= 4 is 29.5 Å². The maximum atomic E-state index is 12.2. The zero-order valence-corrected chi connectivity index (χ0v) is 18.0. The molecule has 1 N–H and O–H groups in total. The van der Waals surface area contributed by atoms with Crippen molar-refractivity contribution in [3.8, 4) is 0 Å². The molecule has 2 heterocycles. The molecule has 1 aromatic carbocycles. The third-order valence-electron chi connectivity index (χ3n) is 4.91. The molecular weight excluding hydrogens is 388 g/mol. The van der Waals surface area contributed by atoms with Crippen molar-refractivity contribution in [2.75, 3.05) is 49.1 Å². The summed E-state index contributed by atoms with van der Waals surface area (Å²) in [5.74, 6) is -0.152. The van der Waals surface area contributed by atoms with Gasteiger partial charge in [0.15, 0.2) is 0 Å². The lowest BCUT2D eigenvalue weighted by Gasteiger charge is -2.36. The Morgan fingerprint density at radius 3 is 2.27 bits per heavy atom. The number of carbonyl (C=O) groups is 3. The molecule has 164 valence electrons. The highest BCUT2D eigenvalue weighted by molar-refractivity contribution is 5.90. The Hall–Kier alpha value is -2.97. The van der Waals surface area contributed by atoms with Gasteiger partial charge in [0, 0.05) is 44.5 Å². The van der Waals surface area contributed by atoms with Crippen molar-refractivity contribution in [1.82, 2.24) is 10.2 Å². The maximum Gasteiger partial charge on any atom is 0.414 e. The number of cyclic esters (lactones) is 1. The van der Waals surface area contributed by atoms with E-state index in [2.05, 4.69) is 10.2 Å². The first-order valence-corrected chi connectivity index (χ1v) is 10.2. The summed E-state index contributed by atoms with van der Waals surface area (Å²) in [7, 11) is 0. The fraction of sp³-hybridized carbons (Fsp3) is 0.571. The van der Waals surface area contributed by atoms with E-state index < -0.39 is 11.7 Å². The van der Waals surface area contributed by atoms with Gasteiger partial charge in [0.05, 0.1) is 13.1 Å². The summed E-state index contributed by atoms with van der Waals surface area (Å²) in [4.78, 5) is 40.9. The smallest absolute Gasteiger partial charge is 0.414 e. The number of hydrogen-bond donors (Lipinski definition) is 1. The van der Waals surface area contributed by atoms with Crippen LogP contribution in [-0.2, 0) is 14.3 Å². The van der Waals surface area contributed by atoms with Crippen LogP contribution in [0.15, 0.2) is 24.3 Å². The second kappa shape index (κ2) is 8.81. The Morgan fingerprint density at radius 1 is 1.10 bits per heavy atom. The summed E-state index contributed by atoms with van der Waals surface area (Å²) >= 11 is 0. The van der Waals surface area contributed by atoms with Crippen LogP contribution in [0.4, 0.5) is 21.0 Å². The molecule has 2 aliphatic heterocycles. The average molecular weight is 418 g/mol. The van der Waals surface area contributed by atoms with Crippen molar-refractivity contribution in [2.45, 2.75) is 39.4 Å². The highest BCUT2D eigenvalue weighted by atomic mass is 16.6. The Labute approximate surface area is 176 Å². The van der Waals surface area contributed by atoms with E-state index in [4.69, 9.17) is 9.47 Å². The van der Waals surface area contributed by atoms with Gasteiger partial charge in [-0.3, -0.25) is 9.69 Å². The Kier molecular flexibility index (Phi) is 6.38. The molecule has 9 nitrogen and oxygen atoms in total. The second-order valence-corrected chi connectivity index (χ2v) is 8.52. The first kappa shape index (κ1) is 21.7. The third kappa shape index (κ3) is 5.55. The Balaban J connectivity index is 1.53. The van der Waals surface area contributed by atoms with E-state index >= 15 is 0 Å². The lowest BCUT2D eigenvalue weighted by Crippen LogP contribution is -2.50. The van der Waals surface area contributed by atoms with Crippen molar-refractivity contribution in [3.05, 3.63) is 24.3 Å². The molecule has 1 atom stereocenters. The van der Waals surface area contributed by atoms with Crippen molar-refractivity contribution in [2.24, 2.45) is 0 Å². The predicted molar refractivity (Wildman–Crippen MR) is 113 cm³/mol. The minimum Gasteiger partial charge on any atom is -0.444 e. The summed E-state index contributed by atoms with van der Waals surface area (Å²) in [5, 5.41) is 2.67. The zero-order valence-electron chi connectivity index (χ0n) is 18.0. The van der Waals surface area contributed by atoms with E-state index in [9.17, 15) is 14.4 Å². The molecule has 3 amide bonds. The lowest BCUT2D eigenvalue weighted by atomic mass is 10.2. The average Bonchev–Trinajstić information content (AvgIpc) is 3.06. The van der Waals surface area contributed by atoms with Crippen molar-refractivity contribution in [1.29, 1.82) is 0 Å². The summed E-state index contributed by atoms with van der Waals surface area (Å²) < 4.78 is 10.7. The van der Waals surface area contributed by atoms with Gasteiger partial charge in [0.1, 0.15) is 11.7 Å². The number of piperazine rings is 1. The molecule has 0 bridgehead atoms. The van der Waals surface area contributed by atoms with Gasteiger partial charge >= 0.3 is 12.2 Å². The van der Waals surface area contributed by atoms with Crippen LogP contribution in [0.5, 0.6) is 0 Å². The van der Waals surface area contributed by atoms with Crippen LogP contribution >= 0.6 is 0 Å². The van der Waals surface area contributed by atoms with E-state index in [1.54, 1.807) is 9.80 Å². The van der Waals surface area contributed by atoms with Gasteiger partial charge in [-0.1, -0.05) is 0 Å². The zero-order chi connectivity index (χ0) is 21.9. The fourth-order valence-electron chi connectivity index (χ4n) is 3.41. The number of nitrogens with one attached hydrogen (secondary N) is 1. The normalized spacial score (nSPS) is 19.5. The van der Waals surface area contributed by atoms with Crippen LogP contribution in [0.1, 0.15) is 27.7 Å². The number of nitrogens with zero attached hydrogens (tertiary/aromatic N) is 3. The Bertz CT molecular complexity index is 782. The molecule has 0 aromatic heterocycles. The first-order valence-electron chi connectivity index (χ1n) is 10.2. The lowest BCUT2D eigenvalue weighted by molar-refractivity contribution is -0.119. The number of benzene rings is 1. The van der Waals surface area contributed by atoms with Gasteiger partial charge in [0.2, 0.25) is 5.91 Å². The molecule has 2 saturated heterocycles. The van der Waals surface area contributed by atoms with Crippen LogP contribution in [-0.4, -0.2) is 74.0 Å². The maximum absolute atomic E-state index is 12.2. The SMILES string of the molecule is CC(=O)NC[C@H]1CN(c2ccc(N3CCN(C(=O)OC(C)(C)C)CC3)cc2)C(=O)O1. The molecule has 2 fully saturated rings. The third-order valence-corrected chi connectivity index (χ3v) is 4.91. The van der Waals surface area contributed by atoms with Crippen LogP contribution in [0.25, 0.3) is 0 Å². The number of amides is 3. The van der Waals surface area contributed by atoms with Crippen molar-refractivity contribution < 1.29 is 23.9 Å². The molecule has 2 aliphatic rings. The predicted octanol–water partition coefficient (Wildman–Crippen LogP) is 2.20.